The van der Waals surface area contributed by atoms with E-state index in [-0.39, 0.29) is 0 Å². The molecule has 17 heavy (non-hydrogen) atoms. The SMILES string of the molecule is CCc1cc(NC)c2cc(Br)c(Cl)c(Cl)c2n1. The Kier molecular flexibility index (Phi) is 3.81. The van der Waals surface area contributed by atoms with Gasteiger partial charge in [0.1, 0.15) is 0 Å². The second-order valence-electron chi connectivity index (χ2n) is 3.65. The normalized spacial score (nSPS) is 10.9. The van der Waals surface area contributed by atoms with E-state index in [2.05, 4.69) is 33.2 Å². The topological polar surface area (TPSA) is 24.9 Å². The van der Waals surface area contributed by atoms with Gasteiger partial charge < -0.3 is 5.32 Å². The third kappa shape index (κ3) is 2.24. The Labute approximate surface area is 118 Å². The quantitative estimate of drug-likeness (QED) is 0.790. The molecule has 0 amide bonds. The number of nitrogens with zero attached hydrogens (tertiary/aromatic N) is 1. The molecule has 0 saturated carbocycles. The van der Waals surface area contributed by atoms with Gasteiger partial charge in [-0.25, -0.2) is 0 Å². The summed E-state index contributed by atoms with van der Waals surface area (Å²) < 4.78 is 0.777. The minimum atomic E-state index is 0.489. The van der Waals surface area contributed by atoms with Gasteiger partial charge in [0.25, 0.3) is 0 Å². The van der Waals surface area contributed by atoms with Crippen LogP contribution in [0.1, 0.15) is 12.6 Å². The van der Waals surface area contributed by atoms with Gasteiger partial charge in [-0.05, 0) is 34.5 Å². The zero-order valence-electron chi connectivity index (χ0n) is 9.44. The number of hydrogen-bond donors (Lipinski definition) is 1. The van der Waals surface area contributed by atoms with Gasteiger partial charge in [0.15, 0.2) is 0 Å². The van der Waals surface area contributed by atoms with Crippen molar-refractivity contribution in [3.8, 4) is 0 Å². The zero-order chi connectivity index (χ0) is 12.6. The van der Waals surface area contributed by atoms with Crippen LogP contribution >= 0.6 is 39.1 Å². The van der Waals surface area contributed by atoms with E-state index in [4.69, 9.17) is 23.2 Å². The highest BCUT2D eigenvalue weighted by molar-refractivity contribution is 9.10. The molecule has 5 heteroatoms. The second-order valence-corrected chi connectivity index (χ2v) is 5.26. The van der Waals surface area contributed by atoms with Crippen molar-refractivity contribution < 1.29 is 0 Å². The van der Waals surface area contributed by atoms with Crippen LogP contribution < -0.4 is 5.32 Å². The molecule has 0 saturated heterocycles. The monoisotopic (exact) mass is 332 g/mol. The summed E-state index contributed by atoms with van der Waals surface area (Å²) in [6, 6.07) is 3.96. The van der Waals surface area contributed by atoms with Gasteiger partial charge in [-0.2, -0.15) is 0 Å². The van der Waals surface area contributed by atoms with Gasteiger partial charge in [0.05, 0.1) is 15.6 Å². The van der Waals surface area contributed by atoms with Crippen molar-refractivity contribution in [1.82, 2.24) is 4.98 Å². The van der Waals surface area contributed by atoms with Crippen molar-refractivity contribution in [2.45, 2.75) is 13.3 Å². The smallest absolute Gasteiger partial charge is 0.0928 e. The Hall–Kier alpha value is -0.510. The van der Waals surface area contributed by atoms with Crippen LogP contribution in [0.3, 0.4) is 0 Å². The molecule has 0 radical (unpaired) electrons. The summed E-state index contributed by atoms with van der Waals surface area (Å²) in [6.45, 7) is 2.06. The first-order valence-electron chi connectivity index (χ1n) is 5.23. The van der Waals surface area contributed by atoms with E-state index < -0.39 is 0 Å². The van der Waals surface area contributed by atoms with E-state index in [1.165, 1.54) is 0 Å². The number of aromatic nitrogens is 1. The average Bonchev–Trinajstić information content (AvgIpc) is 2.35. The number of fused-ring (bicyclic) bond motifs is 1. The average molecular weight is 334 g/mol. The minimum Gasteiger partial charge on any atom is -0.388 e. The van der Waals surface area contributed by atoms with E-state index in [9.17, 15) is 0 Å². The zero-order valence-corrected chi connectivity index (χ0v) is 12.5. The molecule has 1 aromatic carbocycles. The Bertz CT molecular complexity index is 584. The van der Waals surface area contributed by atoms with Crippen LogP contribution in [-0.2, 0) is 6.42 Å². The third-order valence-corrected chi connectivity index (χ3v) is 4.34. The van der Waals surface area contributed by atoms with E-state index in [1.807, 2.05) is 19.2 Å². The van der Waals surface area contributed by atoms with Crippen LogP contribution in [-0.4, -0.2) is 12.0 Å². The highest BCUT2D eigenvalue weighted by Gasteiger charge is 2.13. The molecule has 2 nitrogen and oxygen atoms in total. The molecule has 0 unspecified atom stereocenters. The fourth-order valence-electron chi connectivity index (χ4n) is 1.71. The van der Waals surface area contributed by atoms with Crippen molar-refractivity contribution in [3.63, 3.8) is 0 Å². The molecule has 0 aliphatic rings. The number of benzene rings is 1. The molecule has 0 aliphatic heterocycles. The van der Waals surface area contributed by atoms with Crippen LogP contribution in [0, 0.1) is 0 Å². The molecular formula is C12H11BrCl2N2. The third-order valence-electron chi connectivity index (χ3n) is 2.62. The summed E-state index contributed by atoms with van der Waals surface area (Å²) >= 11 is 15.7. The van der Waals surface area contributed by atoms with Gasteiger partial charge in [0.2, 0.25) is 0 Å². The summed E-state index contributed by atoms with van der Waals surface area (Å²) in [5.74, 6) is 0. The molecule has 0 bridgehead atoms. The van der Waals surface area contributed by atoms with Crippen LogP contribution in [0.2, 0.25) is 10.0 Å². The molecular weight excluding hydrogens is 323 g/mol. The number of nitrogens with one attached hydrogen (secondary N) is 1. The number of rotatable bonds is 2. The van der Waals surface area contributed by atoms with Gasteiger partial charge in [0, 0.05) is 28.3 Å². The molecule has 1 heterocycles. The molecule has 0 spiro atoms. The lowest BCUT2D eigenvalue weighted by atomic mass is 10.1. The van der Waals surface area contributed by atoms with Crippen molar-refractivity contribution in [1.29, 1.82) is 0 Å². The Morgan fingerprint density at radius 3 is 2.59 bits per heavy atom. The van der Waals surface area contributed by atoms with E-state index in [1.54, 1.807) is 0 Å². The lowest BCUT2D eigenvalue weighted by Gasteiger charge is -2.11. The fourth-order valence-corrected chi connectivity index (χ4v) is 2.64. The van der Waals surface area contributed by atoms with E-state index >= 15 is 0 Å². The molecule has 0 fully saturated rings. The minimum absolute atomic E-state index is 0.489. The number of anilines is 1. The Balaban J connectivity index is 2.89. The summed E-state index contributed by atoms with van der Waals surface area (Å²) in [4.78, 5) is 4.53. The van der Waals surface area contributed by atoms with Crippen LogP contribution in [0.25, 0.3) is 10.9 Å². The highest BCUT2D eigenvalue weighted by Crippen LogP contribution is 2.38. The number of aryl methyl sites for hydroxylation is 1. The van der Waals surface area contributed by atoms with E-state index in [0.29, 0.717) is 10.0 Å². The summed E-state index contributed by atoms with van der Waals surface area (Å²) in [5, 5.41) is 5.11. The number of hydrogen-bond acceptors (Lipinski definition) is 2. The largest absolute Gasteiger partial charge is 0.388 e. The summed E-state index contributed by atoms with van der Waals surface area (Å²) in [7, 11) is 1.88. The first-order valence-corrected chi connectivity index (χ1v) is 6.78. The molecule has 0 aliphatic carbocycles. The van der Waals surface area contributed by atoms with Crippen LogP contribution in [0.5, 0.6) is 0 Å². The maximum Gasteiger partial charge on any atom is 0.0928 e. The number of halogens is 3. The van der Waals surface area contributed by atoms with E-state index in [0.717, 1.165) is 33.2 Å². The summed E-state index contributed by atoms with van der Waals surface area (Å²) in [5.41, 5.74) is 2.73. The van der Waals surface area contributed by atoms with Crippen molar-refractivity contribution in [2.75, 3.05) is 12.4 Å². The van der Waals surface area contributed by atoms with Crippen LogP contribution in [0.15, 0.2) is 16.6 Å². The van der Waals surface area contributed by atoms with Gasteiger partial charge >= 0.3 is 0 Å². The fraction of sp³-hybridized carbons (Fsp3) is 0.250. The molecule has 2 aromatic rings. The first kappa shape index (κ1) is 12.9. The Morgan fingerprint density at radius 1 is 1.29 bits per heavy atom. The predicted octanol–water partition coefficient (Wildman–Crippen LogP) is 4.91. The summed E-state index contributed by atoms with van der Waals surface area (Å²) in [6.07, 6.45) is 0.856. The molecule has 0 atom stereocenters. The maximum absolute atomic E-state index is 6.24. The lowest BCUT2D eigenvalue weighted by Crippen LogP contribution is -1.96. The van der Waals surface area contributed by atoms with Gasteiger partial charge in [-0.1, -0.05) is 30.1 Å². The molecule has 90 valence electrons. The van der Waals surface area contributed by atoms with Crippen molar-refractivity contribution in [3.05, 3.63) is 32.3 Å². The number of pyridine rings is 1. The van der Waals surface area contributed by atoms with Gasteiger partial charge in [-0.3, -0.25) is 4.98 Å². The molecule has 1 aromatic heterocycles. The first-order chi connectivity index (χ1) is 8.08. The van der Waals surface area contributed by atoms with Crippen molar-refractivity contribution >= 4 is 55.7 Å². The second kappa shape index (κ2) is 5.01. The van der Waals surface area contributed by atoms with Crippen LogP contribution in [0.4, 0.5) is 5.69 Å². The Morgan fingerprint density at radius 2 is 2.00 bits per heavy atom. The standard InChI is InChI=1S/C12H11BrCl2N2/c1-3-6-4-9(16-2)7-5-8(13)10(14)11(15)12(7)17-6/h4-5H,3H2,1-2H3,(H,16,17). The highest BCUT2D eigenvalue weighted by atomic mass is 79.9. The molecule has 2 rings (SSSR count). The maximum atomic E-state index is 6.24. The lowest BCUT2D eigenvalue weighted by molar-refractivity contribution is 1.06. The predicted molar refractivity (Wildman–Crippen MR) is 78.4 cm³/mol. The van der Waals surface area contributed by atoms with Gasteiger partial charge in [-0.15, -0.1) is 0 Å². The van der Waals surface area contributed by atoms with Crippen molar-refractivity contribution in [2.24, 2.45) is 0 Å². The molecule has 1 N–H and O–H groups in total.